The molecule has 2 aromatic carbocycles. The van der Waals surface area contributed by atoms with E-state index in [-0.39, 0.29) is 11.9 Å². The molecule has 0 spiro atoms. The lowest BCUT2D eigenvalue weighted by molar-refractivity contribution is -0.157. The molecule has 0 bridgehead atoms. The molecule has 126 valence electrons. The van der Waals surface area contributed by atoms with Gasteiger partial charge in [0.25, 0.3) is 0 Å². The number of nitrogens with zero attached hydrogens (tertiary/aromatic N) is 4. The highest BCUT2D eigenvalue weighted by Gasteiger charge is 2.59. The lowest BCUT2D eigenvalue weighted by Gasteiger charge is -2.52. The Balaban J connectivity index is 2.03. The van der Waals surface area contributed by atoms with Crippen molar-refractivity contribution in [3.8, 4) is 0 Å². The van der Waals surface area contributed by atoms with E-state index in [4.69, 9.17) is 5.53 Å². The van der Waals surface area contributed by atoms with Crippen LogP contribution in [0.15, 0.2) is 77.9 Å². The first-order valence-electron chi connectivity index (χ1n) is 8.37. The van der Waals surface area contributed by atoms with E-state index in [9.17, 15) is 4.79 Å². The minimum atomic E-state index is -1.18. The number of amides is 1. The van der Waals surface area contributed by atoms with Crippen molar-refractivity contribution in [1.29, 1.82) is 0 Å². The van der Waals surface area contributed by atoms with Gasteiger partial charge in [-0.05, 0) is 23.1 Å². The molecule has 3 rings (SSSR count). The van der Waals surface area contributed by atoms with Crippen molar-refractivity contribution in [2.45, 2.75) is 31.5 Å². The zero-order chi connectivity index (χ0) is 17.7. The first-order chi connectivity index (χ1) is 12.2. The first kappa shape index (κ1) is 16.8. The second-order valence-electron chi connectivity index (χ2n) is 6.06. The molecule has 2 atom stereocenters. The molecule has 1 amide bonds. The fourth-order valence-electron chi connectivity index (χ4n) is 3.31. The summed E-state index contributed by atoms with van der Waals surface area (Å²) in [4.78, 5) is 17.7. The number of hydrogen-bond donors (Lipinski definition) is 0. The molecule has 5 heteroatoms. The van der Waals surface area contributed by atoms with Gasteiger partial charge in [0.05, 0.1) is 6.04 Å². The van der Waals surface area contributed by atoms with Crippen molar-refractivity contribution < 1.29 is 4.79 Å². The standard InChI is InChI=1S/C20H20N4O/c1-2-3-14-20(22-23-21)18(17-12-8-5-9-13-17)24(19(20)25)15-16-10-6-4-7-11-16/h3-14,18H,2,15H2,1H3/b14-3+/t18-,20-/m0/s1. The van der Waals surface area contributed by atoms with Crippen molar-refractivity contribution in [3.05, 3.63) is 94.4 Å². The maximum absolute atomic E-state index is 13.0. The third-order valence-electron chi connectivity index (χ3n) is 4.46. The number of allylic oxidation sites excluding steroid dienone is 1. The van der Waals surface area contributed by atoms with E-state index in [0.717, 1.165) is 17.5 Å². The number of hydrogen-bond acceptors (Lipinski definition) is 2. The molecule has 0 N–H and O–H groups in total. The monoisotopic (exact) mass is 332 g/mol. The number of carbonyl (C=O) groups excluding carboxylic acids is 1. The fourth-order valence-corrected chi connectivity index (χ4v) is 3.31. The zero-order valence-electron chi connectivity index (χ0n) is 14.1. The molecule has 0 saturated carbocycles. The van der Waals surface area contributed by atoms with Crippen LogP contribution in [0.1, 0.15) is 30.5 Å². The molecule has 1 fully saturated rings. The smallest absolute Gasteiger partial charge is 0.241 e. The second-order valence-corrected chi connectivity index (χ2v) is 6.06. The van der Waals surface area contributed by atoms with E-state index in [1.165, 1.54) is 0 Å². The number of β-lactam (4-membered cyclic amide) rings is 1. The highest BCUT2D eigenvalue weighted by molar-refractivity contribution is 5.97. The average molecular weight is 332 g/mol. The van der Waals surface area contributed by atoms with Crippen molar-refractivity contribution in [2.24, 2.45) is 5.11 Å². The van der Waals surface area contributed by atoms with Gasteiger partial charge in [0.2, 0.25) is 5.91 Å². The van der Waals surface area contributed by atoms with Crippen LogP contribution >= 0.6 is 0 Å². The number of likely N-dealkylation sites (tertiary alicyclic amines) is 1. The number of rotatable bonds is 6. The van der Waals surface area contributed by atoms with Crippen LogP contribution in [-0.4, -0.2) is 16.3 Å². The Hall–Kier alpha value is -3.04. The molecule has 1 saturated heterocycles. The zero-order valence-corrected chi connectivity index (χ0v) is 14.1. The van der Waals surface area contributed by atoms with Gasteiger partial charge in [-0.1, -0.05) is 84.9 Å². The molecule has 1 heterocycles. The van der Waals surface area contributed by atoms with Crippen LogP contribution in [0.4, 0.5) is 0 Å². The molecule has 2 aromatic rings. The summed E-state index contributed by atoms with van der Waals surface area (Å²) in [7, 11) is 0. The van der Waals surface area contributed by atoms with Crippen LogP contribution in [0.3, 0.4) is 0 Å². The quantitative estimate of drug-likeness (QED) is 0.247. The van der Waals surface area contributed by atoms with Crippen molar-refractivity contribution in [1.82, 2.24) is 4.90 Å². The van der Waals surface area contributed by atoms with Gasteiger partial charge in [0.15, 0.2) is 5.54 Å². The summed E-state index contributed by atoms with van der Waals surface area (Å²) in [6.07, 6.45) is 4.42. The number of carbonyl (C=O) groups is 1. The summed E-state index contributed by atoms with van der Waals surface area (Å²) in [6, 6.07) is 19.3. The van der Waals surface area contributed by atoms with Gasteiger partial charge < -0.3 is 4.90 Å². The Labute approximate surface area is 147 Å². The van der Waals surface area contributed by atoms with Crippen LogP contribution in [0, 0.1) is 0 Å². The van der Waals surface area contributed by atoms with Crippen molar-refractivity contribution in [3.63, 3.8) is 0 Å². The largest absolute Gasteiger partial charge is 0.329 e. The van der Waals surface area contributed by atoms with Crippen LogP contribution in [0.2, 0.25) is 0 Å². The predicted molar refractivity (Wildman–Crippen MR) is 97.5 cm³/mol. The number of azide groups is 1. The molecular weight excluding hydrogens is 312 g/mol. The Morgan fingerprint density at radius 2 is 1.80 bits per heavy atom. The van der Waals surface area contributed by atoms with Crippen molar-refractivity contribution in [2.75, 3.05) is 0 Å². The van der Waals surface area contributed by atoms with Gasteiger partial charge in [0, 0.05) is 11.5 Å². The molecule has 25 heavy (non-hydrogen) atoms. The lowest BCUT2D eigenvalue weighted by atomic mass is 9.75. The predicted octanol–water partition coefficient (Wildman–Crippen LogP) is 4.79. The Morgan fingerprint density at radius 1 is 1.16 bits per heavy atom. The SMILES string of the molecule is CC/C=C/[C@@]1(N=[N+]=[N-])C(=O)N(Cc2ccccc2)[C@H]1c1ccccc1. The van der Waals surface area contributed by atoms with Gasteiger partial charge in [0.1, 0.15) is 0 Å². The van der Waals surface area contributed by atoms with Gasteiger partial charge in [-0.15, -0.1) is 0 Å². The summed E-state index contributed by atoms with van der Waals surface area (Å²) in [6.45, 7) is 2.48. The maximum Gasteiger partial charge on any atom is 0.241 e. The van der Waals surface area contributed by atoms with Gasteiger partial charge in [-0.3, -0.25) is 4.79 Å². The Morgan fingerprint density at radius 3 is 2.40 bits per heavy atom. The Bertz CT molecular complexity index is 812. The Kier molecular flexibility index (Phi) is 4.87. The van der Waals surface area contributed by atoms with Crippen LogP contribution < -0.4 is 0 Å². The van der Waals surface area contributed by atoms with Gasteiger partial charge in [-0.25, -0.2) is 0 Å². The van der Waals surface area contributed by atoms with Crippen LogP contribution in [0.25, 0.3) is 10.4 Å². The molecule has 0 radical (unpaired) electrons. The van der Waals surface area contributed by atoms with E-state index in [1.807, 2.05) is 73.7 Å². The normalized spacial score (nSPS) is 22.5. The summed E-state index contributed by atoms with van der Waals surface area (Å²) in [5, 5.41) is 3.93. The summed E-state index contributed by atoms with van der Waals surface area (Å²) >= 11 is 0. The molecule has 0 unspecified atom stereocenters. The summed E-state index contributed by atoms with van der Waals surface area (Å²) in [5.41, 5.74) is 9.91. The minimum absolute atomic E-state index is 0.160. The third-order valence-corrected chi connectivity index (χ3v) is 4.46. The van der Waals surface area contributed by atoms with Crippen molar-refractivity contribution >= 4 is 5.91 Å². The lowest BCUT2D eigenvalue weighted by Crippen LogP contribution is -2.65. The van der Waals surface area contributed by atoms with E-state index < -0.39 is 5.54 Å². The van der Waals surface area contributed by atoms with E-state index in [0.29, 0.717) is 6.54 Å². The molecule has 1 aliphatic heterocycles. The third kappa shape index (κ3) is 3.02. The highest BCUT2D eigenvalue weighted by Crippen LogP contribution is 2.48. The highest BCUT2D eigenvalue weighted by atomic mass is 16.2. The van der Waals surface area contributed by atoms with Gasteiger partial charge >= 0.3 is 0 Å². The fraction of sp³-hybridized carbons (Fsp3) is 0.250. The summed E-state index contributed by atoms with van der Waals surface area (Å²) in [5.74, 6) is -0.160. The first-order valence-corrected chi connectivity index (χ1v) is 8.37. The molecule has 0 aliphatic carbocycles. The summed E-state index contributed by atoms with van der Waals surface area (Å²) < 4.78 is 0. The number of benzene rings is 2. The molecule has 5 nitrogen and oxygen atoms in total. The van der Waals surface area contributed by atoms with Crippen LogP contribution in [-0.2, 0) is 11.3 Å². The van der Waals surface area contributed by atoms with E-state index in [1.54, 1.807) is 11.0 Å². The second kappa shape index (κ2) is 7.24. The maximum atomic E-state index is 13.0. The van der Waals surface area contributed by atoms with E-state index >= 15 is 0 Å². The topological polar surface area (TPSA) is 69.1 Å². The van der Waals surface area contributed by atoms with E-state index in [2.05, 4.69) is 10.0 Å². The van der Waals surface area contributed by atoms with Gasteiger partial charge in [-0.2, -0.15) is 0 Å². The minimum Gasteiger partial charge on any atom is -0.329 e. The van der Waals surface area contributed by atoms with Crippen LogP contribution in [0.5, 0.6) is 0 Å². The molecule has 0 aromatic heterocycles. The molecular formula is C20H20N4O. The average Bonchev–Trinajstić information content (AvgIpc) is 2.66. The molecule has 1 aliphatic rings.